The molecule has 0 aromatic heterocycles. The number of carbonyl (C=O) groups excluding carboxylic acids is 2. The van der Waals surface area contributed by atoms with Gasteiger partial charge in [0.2, 0.25) is 5.78 Å². The van der Waals surface area contributed by atoms with Gasteiger partial charge in [0, 0.05) is 18.4 Å². The fraction of sp³-hybridized carbons (Fsp3) is 0.333. The molecule has 0 aliphatic rings. The lowest BCUT2D eigenvalue weighted by Gasteiger charge is -1.99. The second kappa shape index (κ2) is 8.08. The van der Waals surface area contributed by atoms with Gasteiger partial charge in [-0.2, -0.15) is 0 Å². The molecule has 94 valence electrons. The molecule has 1 rings (SSSR count). The molecule has 0 spiro atoms. The van der Waals surface area contributed by atoms with Crippen LogP contribution in [0.15, 0.2) is 30.3 Å². The van der Waals surface area contributed by atoms with Gasteiger partial charge < -0.3 is 4.74 Å². The van der Waals surface area contributed by atoms with Crippen LogP contribution in [0.4, 0.5) is 0 Å². The van der Waals surface area contributed by atoms with Crippen molar-refractivity contribution in [1.82, 2.24) is 0 Å². The summed E-state index contributed by atoms with van der Waals surface area (Å²) in [7, 11) is 0. The van der Waals surface area contributed by atoms with Crippen molar-refractivity contribution in [2.45, 2.75) is 26.2 Å². The minimum atomic E-state index is -0.263. The van der Waals surface area contributed by atoms with Gasteiger partial charge in [0.25, 0.3) is 0 Å². The standard InChI is InChI=1S/C15H16O3/c1-2-18-15(17)10-6-9-14(16)12-11-13-7-4-3-5-8-13/h3-5,7-8H,2,6,9-10H2,1H3. The monoisotopic (exact) mass is 244 g/mol. The Hall–Kier alpha value is -2.08. The highest BCUT2D eigenvalue weighted by Gasteiger charge is 2.03. The zero-order valence-corrected chi connectivity index (χ0v) is 10.4. The third-order valence-electron chi connectivity index (χ3n) is 2.21. The van der Waals surface area contributed by atoms with Crippen LogP contribution < -0.4 is 0 Å². The summed E-state index contributed by atoms with van der Waals surface area (Å²) < 4.78 is 4.77. The highest BCUT2D eigenvalue weighted by molar-refractivity contribution is 5.96. The first-order chi connectivity index (χ1) is 8.72. The van der Waals surface area contributed by atoms with Crippen molar-refractivity contribution in [2.75, 3.05) is 6.61 Å². The van der Waals surface area contributed by atoms with Gasteiger partial charge in [-0.15, -0.1) is 0 Å². The molecule has 1 aromatic carbocycles. The van der Waals surface area contributed by atoms with Gasteiger partial charge in [-0.05, 0) is 31.4 Å². The fourth-order valence-electron chi connectivity index (χ4n) is 1.35. The van der Waals surface area contributed by atoms with E-state index < -0.39 is 0 Å². The molecule has 0 aliphatic carbocycles. The Kier molecular flexibility index (Phi) is 6.27. The summed E-state index contributed by atoms with van der Waals surface area (Å²) >= 11 is 0. The third kappa shape index (κ3) is 5.86. The van der Waals surface area contributed by atoms with Crippen molar-refractivity contribution < 1.29 is 14.3 Å². The smallest absolute Gasteiger partial charge is 0.305 e. The first-order valence-electron chi connectivity index (χ1n) is 5.98. The number of ether oxygens (including phenoxy) is 1. The van der Waals surface area contributed by atoms with E-state index in [4.69, 9.17) is 4.74 Å². The van der Waals surface area contributed by atoms with E-state index in [-0.39, 0.29) is 18.2 Å². The number of rotatable bonds is 5. The van der Waals surface area contributed by atoms with Crippen LogP contribution in [0.2, 0.25) is 0 Å². The molecule has 0 saturated heterocycles. The fourth-order valence-corrected chi connectivity index (χ4v) is 1.35. The van der Waals surface area contributed by atoms with Gasteiger partial charge in [0.05, 0.1) is 6.61 Å². The Bertz CT molecular complexity index is 452. The van der Waals surface area contributed by atoms with E-state index in [1.165, 1.54) is 0 Å². The van der Waals surface area contributed by atoms with E-state index in [1.54, 1.807) is 6.92 Å². The SMILES string of the molecule is CCOC(=O)CCCC(=O)C#Cc1ccccc1. The summed E-state index contributed by atoms with van der Waals surface area (Å²) in [5.41, 5.74) is 0.816. The summed E-state index contributed by atoms with van der Waals surface area (Å²) in [5, 5.41) is 0. The molecule has 0 heterocycles. The highest BCUT2D eigenvalue weighted by atomic mass is 16.5. The van der Waals surface area contributed by atoms with Crippen LogP contribution in [0.25, 0.3) is 0 Å². The van der Waals surface area contributed by atoms with E-state index in [0.29, 0.717) is 19.4 Å². The molecule has 1 aromatic rings. The molecule has 0 amide bonds. The zero-order chi connectivity index (χ0) is 13.2. The number of hydrogen-bond donors (Lipinski definition) is 0. The molecule has 0 aliphatic heterocycles. The van der Waals surface area contributed by atoms with Crippen molar-refractivity contribution in [2.24, 2.45) is 0 Å². The lowest BCUT2D eigenvalue weighted by atomic mass is 10.1. The Labute approximate surface area is 107 Å². The van der Waals surface area contributed by atoms with Crippen molar-refractivity contribution >= 4 is 11.8 Å². The lowest BCUT2D eigenvalue weighted by Crippen LogP contribution is -2.04. The van der Waals surface area contributed by atoms with E-state index in [0.717, 1.165) is 5.56 Å². The van der Waals surface area contributed by atoms with Gasteiger partial charge in [-0.25, -0.2) is 0 Å². The molecular formula is C15H16O3. The Balaban J connectivity index is 2.30. The lowest BCUT2D eigenvalue weighted by molar-refractivity contribution is -0.143. The normalized spacial score (nSPS) is 9.17. The van der Waals surface area contributed by atoms with E-state index in [1.807, 2.05) is 30.3 Å². The van der Waals surface area contributed by atoms with Crippen LogP contribution in [0.5, 0.6) is 0 Å². The average Bonchev–Trinajstić information content (AvgIpc) is 2.38. The van der Waals surface area contributed by atoms with Crippen LogP contribution in [-0.2, 0) is 14.3 Å². The van der Waals surface area contributed by atoms with Crippen LogP contribution in [-0.4, -0.2) is 18.4 Å². The molecule has 0 N–H and O–H groups in total. The van der Waals surface area contributed by atoms with Gasteiger partial charge in [-0.1, -0.05) is 24.1 Å². The van der Waals surface area contributed by atoms with Gasteiger partial charge >= 0.3 is 5.97 Å². The predicted molar refractivity (Wildman–Crippen MR) is 68.8 cm³/mol. The largest absolute Gasteiger partial charge is 0.466 e. The maximum Gasteiger partial charge on any atom is 0.305 e. The second-order valence-corrected chi connectivity index (χ2v) is 3.70. The molecular weight excluding hydrogens is 228 g/mol. The molecule has 3 heteroatoms. The highest BCUT2D eigenvalue weighted by Crippen LogP contribution is 1.99. The van der Waals surface area contributed by atoms with Gasteiger partial charge in [-0.3, -0.25) is 9.59 Å². The van der Waals surface area contributed by atoms with Crippen molar-refractivity contribution in [3.63, 3.8) is 0 Å². The van der Waals surface area contributed by atoms with Crippen molar-refractivity contribution in [3.8, 4) is 11.8 Å². The quantitative estimate of drug-likeness (QED) is 0.590. The third-order valence-corrected chi connectivity index (χ3v) is 2.21. The Morgan fingerprint density at radius 2 is 1.89 bits per heavy atom. The summed E-state index contributed by atoms with van der Waals surface area (Å²) in [6.45, 7) is 2.13. The van der Waals surface area contributed by atoms with Crippen LogP contribution in [0.3, 0.4) is 0 Å². The molecule has 0 atom stereocenters. The maximum atomic E-state index is 11.4. The van der Waals surface area contributed by atoms with Crippen molar-refractivity contribution in [1.29, 1.82) is 0 Å². The topological polar surface area (TPSA) is 43.4 Å². The number of benzene rings is 1. The molecule has 0 unspecified atom stereocenters. The molecule has 18 heavy (non-hydrogen) atoms. The van der Waals surface area contributed by atoms with Crippen LogP contribution in [0, 0.1) is 11.8 Å². The average molecular weight is 244 g/mol. The predicted octanol–water partition coefficient (Wildman–Crippen LogP) is 2.34. The van der Waals surface area contributed by atoms with Crippen molar-refractivity contribution in [3.05, 3.63) is 35.9 Å². The van der Waals surface area contributed by atoms with Crippen LogP contribution in [0.1, 0.15) is 31.7 Å². The van der Waals surface area contributed by atoms with E-state index >= 15 is 0 Å². The number of hydrogen-bond acceptors (Lipinski definition) is 3. The van der Waals surface area contributed by atoms with Gasteiger partial charge in [0.15, 0.2) is 0 Å². The molecule has 0 fully saturated rings. The van der Waals surface area contributed by atoms with Crippen LogP contribution >= 0.6 is 0 Å². The molecule has 0 radical (unpaired) electrons. The summed E-state index contributed by atoms with van der Waals surface area (Å²) in [5.74, 6) is 4.94. The first kappa shape index (κ1) is 14.0. The summed E-state index contributed by atoms with van der Waals surface area (Å²) in [6.07, 6.45) is 1.05. The molecule has 3 nitrogen and oxygen atoms in total. The van der Waals surface area contributed by atoms with E-state index in [9.17, 15) is 9.59 Å². The minimum Gasteiger partial charge on any atom is -0.466 e. The number of esters is 1. The zero-order valence-electron chi connectivity index (χ0n) is 10.4. The maximum absolute atomic E-state index is 11.4. The van der Waals surface area contributed by atoms with Gasteiger partial charge in [0.1, 0.15) is 0 Å². The second-order valence-electron chi connectivity index (χ2n) is 3.70. The number of ketones is 1. The molecule has 0 bridgehead atoms. The summed E-state index contributed by atoms with van der Waals surface area (Å²) in [4.78, 5) is 22.5. The molecule has 0 saturated carbocycles. The Morgan fingerprint density at radius 3 is 2.56 bits per heavy atom. The van der Waals surface area contributed by atoms with E-state index in [2.05, 4.69) is 11.8 Å². The summed E-state index contributed by atoms with van der Waals surface area (Å²) in [6, 6.07) is 9.33. The number of Topliss-reactive ketones (excluding diaryl/α,β-unsaturated/α-hetero) is 1. The minimum absolute atomic E-state index is 0.150. The first-order valence-corrected chi connectivity index (χ1v) is 5.98. The number of carbonyl (C=O) groups is 2. The Morgan fingerprint density at radius 1 is 1.17 bits per heavy atom.